The Balaban J connectivity index is 1.39. The van der Waals surface area contributed by atoms with Gasteiger partial charge >= 0.3 is 0 Å². The van der Waals surface area contributed by atoms with Crippen molar-refractivity contribution >= 4 is 17.9 Å². The molecule has 0 atom stereocenters. The Bertz CT molecular complexity index is 1090. The SMILES string of the molecule is COc1cc(OC)c(OC)cc1/C=C(\C)C(=O)N1CCC2(CCN(C(=O)Cn3cnnn3)CC2)C1. The molecule has 1 aromatic heterocycles. The van der Waals surface area contributed by atoms with Crippen LogP contribution >= 0.6 is 0 Å². The zero-order valence-corrected chi connectivity index (χ0v) is 20.7. The van der Waals surface area contributed by atoms with Gasteiger partial charge in [-0.1, -0.05) is 0 Å². The molecule has 0 aliphatic carbocycles. The van der Waals surface area contributed by atoms with Gasteiger partial charge in [-0.25, -0.2) is 4.68 Å². The van der Waals surface area contributed by atoms with Crippen molar-refractivity contribution in [2.24, 2.45) is 5.41 Å². The minimum atomic E-state index is 0.0101. The van der Waals surface area contributed by atoms with Gasteiger partial charge < -0.3 is 24.0 Å². The maximum atomic E-state index is 13.3. The second kappa shape index (κ2) is 10.3. The second-order valence-electron chi connectivity index (χ2n) is 9.14. The summed E-state index contributed by atoms with van der Waals surface area (Å²) in [7, 11) is 4.73. The molecule has 4 rings (SSSR count). The number of likely N-dealkylation sites (tertiary alicyclic amines) is 2. The number of hydrogen-bond acceptors (Lipinski definition) is 8. The molecule has 11 heteroatoms. The molecule has 3 heterocycles. The van der Waals surface area contributed by atoms with E-state index in [9.17, 15) is 9.59 Å². The Morgan fingerprint density at radius 2 is 1.60 bits per heavy atom. The van der Waals surface area contributed by atoms with Gasteiger partial charge in [0.15, 0.2) is 11.5 Å². The number of tetrazole rings is 1. The van der Waals surface area contributed by atoms with E-state index in [0.29, 0.717) is 49.0 Å². The highest BCUT2D eigenvalue weighted by Crippen LogP contribution is 2.41. The molecule has 1 spiro atoms. The van der Waals surface area contributed by atoms with Crippen LogP contribution in [0.1, 0.15) is 31.7 Å². The van der Waals surface area contributed by atoms with Gasteiger partial charge in [0.1, 0.15) is 18.6 Å². The number of rotatable bonds is 7. The van der Waals surface area contributed by atoms with Gasteiger partial charge in [-0.05, 0) is 54.2 Å². The molecule has 188 valence electrons. The minimum Gasteiger partial charge on any atom is -0.496 e. The first-order valence-corrected chi connectivity index (χ1v) is 11.6. The lowest BCUT2D eigenvalue weighted by Crippen LogP contribution is -2.45. The number of hydrogen-bond donors (Lipinski definition) is 0. The molecule has 2 aliphatic rings. The quantitative estimate of drug-likeness (QED) is 0.546. The molecule has 11 nitrogen and oxygen atoms in total. The van der Waals surface area contributed by atoms with Crippen LogP contribution in [0.15, 0.2) is 24.0 Å². The van der Waals surface area contributed by atoms with E-state index in [0.717, 1.165) is 24.8 Å². The summed E-state index contributed by atoms with van der Waals surface area (Å²) in [5.41, 5.74) is 1.43. The normalized spacial score (nSPS) is 17.5. The summed E-state index contributed by atoms with van der Waals surface area (Å²) in [5.74, 6) is 1.76. The Morgan fingerprint density at radius 3 is 2.20 bits per heavy atom. The van der Waals surface area contributed by atoms with Crippen LogP contribution in [0.2, 0.25) is 0 Å². The third kappa shape index (κ3) is 5.23. The molecule has 2 fully saturated rings. The fourth-order valence-electron chi connectivity index (χ4n) is 4.95. The number of aromatic nitrogens is 4. The van der Waals surface area contributed by atoms with Crippen LogP contribution in [0.4, 0.5) is 0 Å². The molecule has 2 aromatic rings. The lowest BCUT2D eigenvalue weighted by atomic mass is 9.78. The smallest absolute Gasteiger partial charge is 0.249 e. The predicted molar refractivity (Wildman–Crippen MR) is 127 cm³/mol. The summed E-state index contributed by atoms with van der Waals surface area (Å²) in [5, 5.41) is 10.9. The third-order valence-electron chi connectivity index (χ3n) is 7.04. The van der Waals surface area contributed by atoms with E-state index in [-0.39, 0.29) is 23.8 Å². The van der Waals surface area contributed by atoms with Crippen molar-refractivity contribution in [3.8, 4) is 17.2 Å². The van der Waals surface area contributed by atoms with Crippen molar-refractivity contribution < 1.29 is 23.8 Å². The lowest BCUT2D eigenvalue weighted by Gasteiger charge is -2.39. The van der Waals surface area contributed by atoms with Crippen LogP contribution in [0.5, 0.6) is 17.2 Å². The van der Waals surface area contributed by atoms with Crippen molar-refractivity contribution in [3.05, 3.63) is 29.6 Å². The number of carbonyl (C=O) groups is 2. The van der Waals surface area contributed by atoms with Gasteiger partial charge in [0.2, 0.25) is 11.8 Å². The largest absolute Gasteiger partial charge is 0.496 e. The number of nitrogens with zero attached hydrogens (tertiary/aromatic N) is 6. The third-order valence-corrected chi connectivity index (χ3v) is 7.04. The van der Waals surface area contributed by atoms with Crippen LogP contribution in [-0.4, -0.2) is 89.3 Å². The molecule has 35 heavy (non-hydrogen) atoms. The van der Waals surface area contributed by atoms with E-state index in [4.69, 9.17) is 14.2 Å². The van der Waals surface area contributed by atoms with Gasteiger partial charge in [-0.2, -0.15) is 0 Å². The summed E-state index contributed by atoms with van der Waals surface area (Å²) in [6.45, 7) is 4.75. The second-order valence-corrected chi connectivity index (χ2v) is 9.14. The fourth-order valence-corrected chi connectivity index (χ4v) is 4.95. The van der Waals surface area contributed by atoms with Crippen LogP contribution in [0.25, 0.3) is 6.08 Å². The van der Waals surface area contributed by atoms with E-state index in [2.05, 4.69) is 15.5 Å². The van der Waals surface area contributed by atoms with Crippen LogP contribution in [0.3, 0.4) is 0 Å². The standard InChI is InChI=1S/C24H32N6O5/c1-17(11-18-12-20(34-3)21(35-4)13-19(18)33-2)23(32)29-10-7-24(15-29)5-8-28(9-6-24)22(31)14-30-16-25-26-27-30/h11-13,16H,5-10,14-15H2,1-4H3/b17-11+. The Labute approximate surface area is 204 Å². The highest BCUT2D eigenvalue weighted by molar-refractivity contribution is 5.98. The molecule has 0 N–H and O–H groups in total. The fraction of sp³-hybridized carbons (Fsp3) is 0.542. The van der Waals surface area contributed by atoms with Crippen molar-refractivity contribution in [2.75, 3.05) is 47.5 Å². The molecule has 2 saturated heterocycles. The minimum absolute atomic E-state index is 0.0101. The molecule has 1 aromatic carbocycles. The van der Waals surface area contributed by atoms with Crippen molar-refractivity contribution in [3.63, 3.8) is 0 Å². The topological polar surface area (TPSA) is 112 Å². The highest BCUT2D eigenvalue weighted by atomic mass is 16.5. The maximum Gasteiger partial charge on any atom is 0.249 e. The van der Waals surface area contributed by atoms with Gasteiger partial charge in [0.05, 0.1) is 21.3 Å². The van der Waals surface area contributed by atoms with E-state index in [1.807, 2.05) is 28.9 Å². The summed E-state index contributed by atoms with van der Waals surface area (Å²) in [4.78, 5) is 29.6. The molecule has 0 unspecified atom stereocenters. The number of methoxy groups -OCH3 is 3. The number of benzene rings is 1. The first-order valence-electron chi connectivity index (χ1n) is 11.6. The van der Waals surface area contributed by atoms with E-state index in [1.54, 1.807) is 27.4 Å². The first kappa shape index (κ1) is 24.5. The van der Waals surface area contributed by atoms with E-state index >= 15 is 0 Å². The van der Waals surface area contributed by atoms with Crippen LogP contribution < -0.4 is 14.2 Å². The summed E-state index contributed by atoms with van der Waals surface area (Å²) in [6.07, 6.45) is 5.97. The zero-order chi connectivity index (χ0) is 25.0. The first-order chi connectivity index (χ1) is 16.9. The molecular weight excluding hydrogens is 452 g/mol. The maximum absolute atomic E-state index is 13.3. The highest BCUT2D eigenvalue weighted by Gasteiger charge is 2.42. The van der Waals surface area contributed by atoms with Crippen molar-refractivity contribution in [1.82, 2.24) is 30.0 Å². The molecule has 0 saturated carbocycles. The van der Waals surface area contributed by atoms with Gasteiger partial charge in [0, 0.05) is 43.4 Å². The zero-order valence-electron chi connectivity index (χ0n) is 20.7. The predicted octanol–water partition coefficient (Wildman–Crippen LogP) is 1.64. The van der Waals surface area contributed by atoms with Crippen LogP contribution in [-0.2, 0) is 16.1 Å². The average Bonchev–Trinajstić information content (AvgIpc) is 3.54. The molecular formula is C24H32N6O5. The number of piperidine rings is 1. The van der Waals surface area contributed by atoms with Crippen molar-refractivity contribution in [1.29, 1.82) is 0 Å². The van der Waals surface area contributed by atoms with Gasteiger partial charge in [-0.15, -0.1) is 5.10 Å². The van der Waals surface area contributed by atoms with Crippen molar-refractivity contribution in [2.45, 2.75) is 32.7 Å². The average molecular weight is 485 g/mol. The Kier molecular flexibility index (Phi) is 7.23. The van der Waals surface area contributed by atoms with Gasteiger partial charge in [0.25, 0.3) is 0 Å². The summed E-state index contributed by atoms with van der Waals surface area (Å²) < 4.78 is 17.7. The molecule has 2 amide bonds. The summed E-state index contributed by atoms with van der Waals surface area (Å²) in [6, 6.07) is 3.56. The number of ether oxygens (including phenoxy) is 3. The lowest BCUT2D eigenvalue weighted by molar-refractivity contribution is -0.135. The van der Waals surface area contributed by atoms with E-state index < -0.39 is 0 Å². The van der Waals surface area contributed by atoms with Gasteiger partial charge in [-0.3, -0.25) is 9.59 Å². The molecule has 0 radical (unpaired) electrons. The number of amides is 2. The number of carbonyl (C=O) groups excluding carboxylic acids is 2. The molecule has 2 aliphatic heterocycles. The Morgan fingerprint density at radius 1 is 0.971 bits per heavy atom. The monoisotopic (exact) mass is 484 g/mol. The van der Waals surface area contributed by atoms with Crippen LogP contribution in [0, 0.1) is 5.41 Å². The summed E-state index contributed by atoms with van der Waals surface area (Å²) >= 11 is 0. The van der Waals surface area contributed by atoms with E-state index in [1.165, 1.54) is 11.0 Å². The Hall–Kier alpha value is -3.63. The molecule has 0 bridgehead atoms.